The Morgan fingerprint density at radius 1 is 1.27 bits per heavy atom. The summed E-state index contributed by atoms with van der Waals surface area (Å²) >= 11 is 0. The highest BCUT2D eigenvalue weighted by molar-refractivity contribution is 5.88. The highest BCUT2D eigenvalue weighted by Crippen LogP contribution is 2.47. The first-order valence-electron chi connectivity index (χ1n) is 7.05. The Morgan fingerprint density at radius 2 is 2.00 bits per heavy atom. The fraction of sp³-hybridized carbons (Fsp3) is 0.176. The number of carbonyl (C=O) groups excluding carboxylic acids is 1. The van der Waals surface area contributed by atoms with E-state index in [1.807, 2.05) is 18.2 Å². The molecule has 112 valence electrons. The van der Waals surface area contributed by atoms with Crippen LogP contribution in [0.5, 0.6) is 0 Å². The lowest BCUT2D eigenvalue weighted by Crippen LogP contribution is -2.13. The summed E-state index contributed by atoms with van der Waals surface area (Å²) in [7, 11) is 0. The molecule has 1 aliphatic carbocycles. The summed E-state index contributed by atoms with van der Waals surface area (Å²) in [5.41, 5.74) is 8.57. The van der Waals surface area contributed by atoms with E-state index in [0.29, 0.717) is 0 Å². The molecule has 0 saturated heterocycles. The Kier molecular flexibility index (Phi) is 3.63. The zero-order valence-corrected chi connectivity index (χ0v) is 11.8. The van der Waals surface area contributed by atoms with E-state index in [-0.39, 0.29) is 23.6 Å². The number of amides is 1. The van der Waals surface area contributed by atoms with Crippen LogP contribution in [0.2, 0.25) is 0 Å². The van der Waals surface area contributed by atoms with Gasteiger partial charge in [0, 0.05) is 29.1 Å². The maximum Gasteiger partial charge on any atom is 0.221 e. The minimum Gasteiger partial charge on any atom is -0.369 e. The second kappa shape index (κ2) is 5.60. The molecule has 2 aromatic carbocycles. The third-order valence-electron chi connectivity index (χ3n) is 3.94. The van der Waals surface area contributed by atoms with Gasteiger partial charge in [-0.05, 0) is 54.3 Å². The molecule has 0 radical (unpaired) electrons. The molecule has 4 nitrogen and oxygen atoms in total. The fourth-order valence-corrected chi connectivity index (χ4v) is 2.61. The summed E-state index contributed by atoms with van der Waals surface area (Å²) in [5.74, 6) is -0.486. The number of nitrogens with two attached hydrogens (primary N) is 1. The van der Waals surface area contributed by atoms with Crippen LogP contribution in [0.3, 0.4) is 0 Å². The summed E-state index contributed by atoms with van der Waals surface area (Å²) in [6, 6.07) is 11.7. The van der Waals surface area contributed by atoms with E-state index in [1.165, 1.54) is 18.3 Å². The maximum atomic E-state index is 12.9. The van der Waals surface area contributed by atoms with Crippen molar-refractivity contribution in [2.45, 2.75) is 12.3 Å². The first-order valence-corrected chi connectivity index (χ1v) is 7.05. The van der Waals surface area contributed by atoms with E-state index in [1.54, 1.807) is 12.1 Å². The van der Waals surface area contributed by atoms with Crippen molar-refractivity contribution in [2.24, 2.45) is 11.7 Å². The summed E-state index contributed by atoms with van der Waals surface area (Å²) < 4.78 is 12.9. The topological polar surface area (TPSA) is 79.0 Å². The van der Waals surface area contributed by atoms with Gasteiger partial charge in [0.2, 0.25) is 5.91 Å². The molecule has 0 aliphatic heterocycles. The Balaban J connectivity index is 1.82. The summed E-state index contributed by atoms with van der Waals surface area (Å²) in [6.07, 6.45) is 2.04. The van der Waals surface area contributed by atoms with E-state index in [9.17, 15) is 9.18 Å². The van der Waals surface area contributed by atoms with Crippen LogP contribution >= 0.6 is 0 Å². The van der Waals surface area contributed by atoms with Crippen LogP contribution < -0.4 is 11.1 Å². The Bertz CT molecular complexity index is 727. The molecule has 0 bridgehead atoms. The van der Waals surface area contributed by atoms with E-state index in [0.717, 1.165) is 28.9 Å². The number of primary amides is 1. The van der Waals surface area contributed by atoms with Crippen molar-refractivity contribution >= 4 is 23.5 Å². The van der Waals surface area contributed by atoms with Crippen molar-refractivity contribution in [3.05, 3.63) is 59.4 Å². The third-order valence-corrected chi connectivity index (χ3v) is 3.94. The van der Waals surface area contributed by atoms with Gasteiger partial charge in [-0.15, -0.1) is 0 Å². The molecule has 0 aromatic heterocycles. The largest absolute Gasteiger partial charge is 0.369 e. The van der Waals surface area contributed by atoms with Gasteiger partial charge >= 0.3 is 0 Å². The predicted molar refractivity (Wildman–Crippen MR) is 84.1 cm³/mol. The summed E-state index contributed by atoms with van der Waals surface area (Å²) in [4.78, 5) is 11.2. The van der Waals surface area contributed by atoms with Gasteiger partial charge < -0.3 is 16.5 Å². The van der Waals surface area contributed by atoms with E-state index < -0.39 is 0 Å². The molecule has 22 heavy (non-hydrogen) atoms. The molecular formula is C17H16FN3O. The van der Waals surface area contributed by atoms with Gasteiger partial charge in [0.15, 0.2) is 0 Å². The Hall–Kier alpha value is -2.69. The maximum absolute atomic E-state index is 12.9. The van der Waals surface area contributed by atoms with Crippen LogP contribution in [0.25, 0.3) is 0 Å². The molecule has 2 aromatic rings. The van der Waals surface area contributed by atoms with Crippen molar-refractivity contribution < 1.29 is 9.18 Å². The zero-order chi connectivity index (χ0) is 15.7. The number of anilines is 2. The standard InChI is InChI=1S/C17H16FN3O/c18-12-2-4-13(5-3-12)21-16-6-1-10(7-11(16)9-19)14-8-15(14)17(20)22/h1-7,9,14-15,19,21H,8H2,(H2,20,22). The SMILES string of the molecule is N=Cc1cc(C2CC2C(N)=O)ccc1Nc1ccc(F)cc1. The second-order valence-corrected chi connectivity index (χ2v) is 5.47. The molecule has 5 heteroatoms. The quantitative estimate of drug-likeness (QED) is 0.741. The van der Waals surface area contributed by atoms with Crippen LogP contribution in [0.1, 0.15) is 23.5 Å². The zero-order valence-electron chi connectivity index (χ0n) is 11.8. The molecular weight excluding hydrogens is 281 g/mol. The smallest absolute Gasteiger partial charge is 0.221 e. The Labute approximate surface area is 127 Å². The number of halogens is 1. The number of hydrogen-bond donors (Lipinski definition) is 3. The van der Waals surface area contributed by atoms with Crippen molar-refractivity contribution in [1.29, 1.82) is 5.41 Å². The van der Waals surface area contributed by atoms with Crippen molar-refractivity contribution in [3.8, 4) is 0 Å². The Morgan fingerprint density at radius 3 is 2.59 bits per heavy atom. The van der Waals surface area contributed by atoms with Crippen LogP contribution in [0, 0.1) is 17.1 Å². The molecule has 1 fully saturated rings. The molecule has 0 heterocycles. The first kappa shape index (κ1) is 14.3. The lowest BCUT2D eigenvalue weighted by atomic mass is 10.0. The van der Waals surface area contributed by atoms with Gasteiger partial charge in [-0.3, -0.25) is 4.79 Å². The lowest BCUT2D eigenvalue weighted by molar-refractivity contribution is -0.119. The molecule has 1 amide bonds. The van der Waals surface area contributed by atoms with Crippen LogP contribution in [0.15, 0.2) is 42.5 Å². The minimum absolute atomic E-state index is 0.0884. The number of nitrogens with one attached hydrogen (secondary N) is 2. The van der Waals surface area contributed by atoms with Gasteiger partial charge in [-0.25, -0.2) is 4.39 Å². The molecule has 2 unspecified atom stereocenters. The molecule has 3 rings (SSSR count). The third kappa shape index (κ3) is 2.83. The molecule has 4 N–H and O–H groups in total. The first-order chi connectivity index (χ1) is 10.6. The molecule has 0 spiro atoms. The van der Waals surface area contributed by atoms with Gasteiger partial charge in [0.25, 0.3) is 0 Å². The van der Waals surface area contributed by atoms with E-state index in [4.69, 9.17) is 11.1 Å². The normalized spacial score (nSPS) is 19.5. The fourth-order valence-electron chi connectivity index (χ4n) is 2.61. The number of rotatable bonds is 5. The van der Waals surface area contributed by atoms with E-state index >= 15 is 0 Å². The highest BCUT2D eigenvalue weighted by atomic mass is 19.1. The average molecular weight is 297 g/mol. The molecule has 2 atom stereocenters. The second-order valence-electron chi connectivity index (χ2n) is 5.47. The highest BCUT2D eigenvalue weighted by Gasteiger charge is 2.42. The van der Waals surface area contributed by atoms with Gasteiger partial charge in [0.05, 0.1) is 0 Å². The summed E-state index contributed by atoms with van der Waals surface area (Å²) in [6.45, 7) is 0. The van der Waals surface area contributed by atoms with Crippen LogP contribution in [0.4, 0.5) is 15.8 Å². The monoisotopic (exact) mass is 297 g/mol. The number of hydrogen-bond acceptors (Lipinski definition) is 3. The van der Waals surface area contributed by atoms with Crippen LogP contribution in [-0.4, -0.2) is 12.1 Å². The van der Waals surface area contributed by atoms with Crippen molar-refractivity contribution in [1.82, 2.24) is 0 Å². The number of benzene rings is 2. The predicted octanol–water partition coefficient (Wildman–Crippen LogP) is 3.16. The average Bonchev–Trinajstić information content (AvgIpc) is 3.31. The molecule has 1 saturated carbocycles. The van der Waals surface area contributed by atoms with Gasteiger partial charge in [-0.1, -0.05) is 6.07 Å². The van der Waals surface area contributed by atoms with Crippen molar-refractivity contribution in [2.75, 3.05) is 5.32 Å². The summed E-state index contributed by atoms with van der Waals surface area (Å²) in [5, 5.41) is 10.7. The van der Waals surface area contributed by atoms with Gasteiger partial charge in [-0.2, -0.15) is 0 Å². The van der Waals surface area contributed by atoms with E-state index in [2.05, 4.69) is 5.32 Å². The lowest BCUT2D eigenvalue weighted by Gasteiger charge is -2.11. The molecule has 1 aliphatic rings. The van der Waals surface area contributed by atoms with Crippen LogP contribution in [-0.2, 0) is 4.79 Å². The number of carbonyl (C=O) groups is 1. The minimum atomic E-state index is -0.292. The van der Waals surface area contributed by atoms with Crippen molar-refractivity contribution in [3.63, 3.8) is 0 Å². The van der Waals surface area contributed by atoms with Gasteiger partial charge in [0.1, 0.15) is 5.82 Å².